The van der Waals surface area contributed by atoms with Crippen molar-refractivity contribution in [3.8, 4) is 11.5 Å². The van der Waals surface area contributed by atoms with Crippen LogP contribution in [-0.2, 0) is 13.2 Å². The Bertz CT molecular complexity index is 1270. The summed E-state index contributed by atoms with van der Waals surface area (Å²) in [4.78, 5) is 18.3. The molecule has 7 nitrogen and oxygen atoms in total. The van der Waals surface area contributed by atoms with E-state index in [0.717, 1.165) is 16.7 Å². The van der Waals surface area contributed by atoms with Gasteiger partial charge >= 0.3 is 0 Å². The van der Waals surface area contributed by atoms with Crippen LogP contribution in [-0.4, -0.2) is 16.2 Å². The van der Waals surface area contributed by atoms with Crippen molar-refractivity contribution in [1.29, 1.82) is 0 Å². The minimum atomic E-state index is -0.239. The number of aryl methyl sites for hydroxylation is 1. The Kier molecular flexibility index (Phi) is 7.12. The van der Waals surface area contributed by atoms with Gasteiger partial charge in [0.25, 0.3) is 5.56 Å². The van der Waals surface area contributed by atoms with Crippen LogP contribution in [0.15, 0.2) is 94.8 Å². The van der Waals surface area contributed by atoms with Gasteiger partial charge in [0.05, 0.1) is 6.21 Å². The number of hydrogen-bond donors (Lipinski definition) is 2. The summed E-state index contributed by atoms with van der Waals surface area (Å²) in [5, 5.41) is 4.17. The van der Waals surface area contributed by atoms with Gasteiger partial charge in [0.2, 0.25) is 5.95 Å². The Morgan fingerprint density at radius 1 is 0.879 bits per heavy atom. The molecule has 0 saturated heterocycles. The number of nitrogens with one attached hydrogen (secondary N) is 2. The molecule has 0 spiro atoms. The average Bonchev–Trinajstić information content (AvgIpc) is 2.83. The number of H-pyrrole nitrogens is 1. The summed E-state index contributed by atoms with van der Waals surface area (Å²) in [6.45, 7) is 2.59. The molecule has 3 aromatic carbocycles. The standard InChI is InChI=1S/C26H24N4O3/c1-19-14-25(31)29-26(28-19)30-27-16-22-12-13-23(32-17-20-8-4-2-5-9-20)24(15-22)33-18-21-10-6-3-7-11-21/h2-16H,17-18H2,1H3,(H2,28,29,30,31)/b27-16-. The largest absolute Gasteiger partial charge is 0.485 e. The molecule has 0 bridgehead atoms. The van der Waals surface area contributed by atoms with Crippen LogP contribution in [0.25, 0.3) is 0 Å². The van der Waals surface area contributed by atoms with Crippen LogP contribution in [0.3, 0.4) is 0 Å². The number of hydrogen-bond acceptors (Lipinski definition) is 6. The molecule has 0 aliphatic carbocycles. The molecule has 33 heavy (non-hydrogen) atoms. The first-order chi connectivity index (χ1) is 16.2. The predicted octanol–water partition coefficient (Wildman–Crippen LogP) is 4.68. The third-order valence-corrected chi connectivity index (χ3v) is 4.70. The van der Waals surface area contributed by atoms with Gasteiger partial charge in [-0.15, -0.1) is 0 Å². The van der Waals surface area contributed by atoms with Crippen molar-refractivity contribution in [1.82, 2.24) is 9.97 Å². The molecule has 0 atom stereocenters. The van der Waals surface area contributed by atoms with E-state index in [0.29, 0.717) is 30.4 Å². The van der Waals surface area contributed by atoms with Crippen molar-refractivity contribution in [3.05, 3.63) is 118 Å². The highest BCUT2D eigenvalue weighted by Gasteiger charge is 2.08. The van der Waals surface area contributed by atoms with Crippen LogP contribution in [0, 0.1) is 6.92 Å². The van der Waals surface area contributed by atoms with Gasteiger partial charge in [-0.3, -0.25) is 9.78 Å². The molecule has 0 radical (unpaired) electrons. The highest BCUT2D eigenvalue weighted by molar-refractivity contribution is 5.81. The van der Waals surface area contributed by atoms with E-state index in [1.54, 1.807) is 13.1 Å². The zero-order valence-electron chi connectivity index (χ0n) is 18.2. The first kappa shape index (κ1) is 21.8. The number of benzene rings is 3. The lowest BCUT2D eigenvalue weighted by Crippen LogP contribution is -2.10. The molecule has 0 fully saturated rings. The van der Waals surface area contributed by atoms with Crippen LogP contribution >= 0.6 is 0 Å². The highest BCUT2D eigenvalue weighted by atomic mass is 16.5. The number of aromatic nitrogens is 2. The normalized spacial score (nSPS) is 10.8. The third-order valence-electron chi connectivity index (χ3n) is 4.70. The Morgan fingerprint density at radius 3 is 2.15 bits per heavy atom. The number of aromatic amines is 1. The van der Waals surface area contributed by atoms with Crippen molar-refractivity contribution in [2.45, 2.75) is 20.1 Å². The van der Waals surface area contributed by atoms with Crippen LogP contribution < -0.4 is 20.5 Å². The first-order valence-electron chi connectivity index (χ1n) is 10.5. The van der Waals surface area contributed by atoms with Crippen LogP contribution in [0.4, 0.5) is 5.95 Å². The zero-order valence-corrected chi connectivity index (χ0v) is 18.2. The topological polar surface area (TPSA) is 88.6 Å². The number of hydrazone groups is 1. The number of ether oxygens (including phenoxy) is 2. The zero-order chi connectivity index (χ0) is 22.9. The maximum Gasteiger partial charge on any atom is 0.252 e. The lowest BCUT2D eigenvalue weighted by atomic mass is 10.2. The molecule has 1 aromatic heterocycles. The smallest absolute Gasteiger partial charge is 0.252 e. The van der Waals surface area contributed by atoms with Gasteiger partial charge in [-0.05, 0) is 41.8 Å². The van der Waals surface area contributed by atoms with Crippen molar-refractivity contribution >= 4 is 12.2 Å². The second kappa shape index (κ2) is 10.8. The third kappa shape index (κ3) is 6.54. The molecule has 1 heterocycles. The SMILES string of the molecule is Cc1cc(=O)[nH]c(N/N=C\c2ccc(OCc3ccccc3)c(OCc3ccccc3)c2)n1. The van der Waals surface area contributed by atoms with Gasteiger partial charge in [-0.2, -0.15) is 5.10 Å². The first-order valence-corrected chi connectivity index (χ1v) is 10.5. The lowest BCUT2D eigenvalue weighted by molar-refractivity contribution is 0.256. The van der Waals surface area contributed by atoms with E-state index in [2.05, 4.69) is 20.5 Å². The minimum absolute atomic E-state index is 0.239. The fourth-order valence-corrected chi connectivity index (χ4v) is 3.11. The summed E-state index contributed by atoms with van der Waals surface area (Å²) in [6.07, 6.45) is 1.62. The van der Waals surface area contributed by atoms with Crippen molar-refractivity contribution < 1.29 is 9.47 Å². The van der Waals surface area contributed by atoms with Gasteiger partial charge in [-0.25, -0.2) is 10.4 Å². The molecule has 166 valence electrons. The van der Waals surface area contributed by atoms with Gasteiger partial charge < -0.3 is 9.47 Å². The molecule has 7 heteroatoms. The molecule has 0 saturated carbocycles. The van der Waals surface area contributed by atoms with Gasteiger partial charge in [-0.1, -0.05) is 60.7 Å². The second-order valence-electron chi connectivity index (χ2n) is 7.36. The van der Waals surface area contributed by atoms with Crippen molar-refractivity contribution in [3.63, 3.8) is 0 Å². The number of nitrogens with zero attached hydrogens (tertiary/aromatic N) is 2. The number of anilines is 1. The fraction of sp³-hybridized carbons (Fsp3) is 0.115. The van der Waals surface area contributed by atoms with E-state index >= 15 is 0 Å². The maximum atomic E-state index is 11.6. The fourth-order valence-electron chi connectivity index (χ4n) is 3.11. The van der Waals surface area contributed by atoms with Crippen LogP contribution in [0.1, 0.15) is 22.4 Å². The molecular weight excluding hydrogens is 416 g/mol. The lowest BCUT2D eigenvalue weighted by Gasteiger charge is -2.14. The van der Waals surface area contributed by atoms with Crippen molar-refractivity contribution in [2.24, 2.45) is 5.10 Å². The molecule has 2 N–H and O–H groups in total. The summed E-state index contributed by atoms with van der Waals surface area (Å²) < 4.78 is 12.1. The molecule has 0 amide bonds. The monoisotopic (exact) mass is 440 g/mol. The average molecular weight is 441 g/mol. The van der Waals surface area contributed by atoms with E-state index in [9.17, 15) is 4.79 Å². The molecule has 4 aromatic rings. The molecular formula is C26H24N4O3. The molecule has 0 aliphatic rings. The van der Waals surface area contributed by atoms with Gasteiger partial charge in [0, 0.05) is 11.8 Å². The quantitative estimate of drug-likeness (QED) is 0.291. The Morgan fingerprint density at radius 2 is 1.52 bits per heavy atom. The Labute approximate surface area is 191 Å². The number of rotatable bonds is 9. The van der Waals surface area contributed by atoms with E-state index in [1.807, 2.05) is 78.9 Å². The van der Waals surface area contributed by atoms with E-state index in [1.165, 1.54) is 6.07 Å². The minimum Gasteiger partial charge on any atom is -0.485 e. The summed E-state index contributed by atoms with van der Waals surface area (Å²) in [7, 11) is 0. The van der Waals surface area contributed by atoms with Crippen LogP contribution in [0.2, 0.25) is 0 Å². The van der Waals surface area contributed by atoms with E-state index in [-0.39, 0.29) is 11.5 Å². The van der Waals surface area contributed by atoms with E-state index < -0.39 is 0 Å². The molecule has 0 unspecified atom stereocenters. The summed E-state index contributed by atoms with van der Waals surface area (Å²) in [5.74, 6) is 1.53. The highest BCUT2D eigenvalue weighted by Crippen LogP contribution is 2.29. The predicted molar refractivity (Wildman–Crippen MR) is 129 cm³/mol. The molecule has 0 aliphatic heterocycles. The van der Waals surface area contributed by atoms with Gasteiger partial charge in [0.15, 0.2) is 11.5 Å². The van der Waals surface area contributed by atoms with Crippen molar-refractivity contribution in [2.75, 3.05) is 5.43 Å². The van der Waals surface area contributed by atoms with E-state index in [4.69, 9.17) is 9.47 Å². The van der Waals surface area contributed by atoms with Gasteiger partial charge in [0.1, 0.15) is 13.2 Å². The van der Waals surface area contributed by atoms with Crippen LogP contribution in [0.5, 0.6) is 11.5 Å². The Balaban J connectivity index is 1.50. The Hall–Kier alpha value is -4.39. The molecule has 4 rings (SSSR count). The maximum absolute atomic E-state index is 11.6. The summed E-state index contributed by atoms with van der Waals surface area (Å²) in [5.41, 5.74) is 6.04. The summed E-state index contributed by atoms with van der Waals surface area (Å²) >= 11 is 0. The second-order valence-corrected chi connectivity index (χ2v) is 7.36. The summed E-state index contributed by atoms with van der Waals surface area (Å²) in [6, 6.07) is 26.9.